The fraction of sp³-hybridized carbons (Fsp3) is 0.0625. The molecule has 2 aromatic carbocycles. The van der Waals surface area contributed by atoms with Crippen LogP contribution in [0.2, 0.25) is 0 Å². The summed E-state index contributed by atoms with van der Waals surface area (Å²) in [6.45, 7) is 0.636. The molecule has 0 N–H and O–H groups in total. The van der Waals surface area contributed by atoms with Gasteiger partial charge in [0.1, 0.15) is 0 Å². The SMILES string of the molecule is O=c1c(-c2ccccc2)csn1Cc1ccccc1. The zero-order valence-corrected chi connectivity index (χ0v) is 11.1. The van der Waals surface area contributed by atoms with Gasteiger partial charge in [0.2, 0.25) is 0 Å². The maximum Gasteiger partial charge on any atom is 0.268 e. The summed E-state index contributed by atoms with van der Waals surface area (Å²) >= 11 is 1.47. The van der Waals surface area contributed by atoms with Crippen LogP contribution in [0.15, 0.2) is 70.8 Å². The highest BCUT2D eigenvalue weighted by molar-refractivity contribution is 7.04. The Morgan fingerprint density at radius 1 is 0.895 bits per heavy atom. The summed E-state index contributed by atoms with van der Waals surface area (Å²) in [5.74, 6) is 0. The van der Waals surface area contributed by atoms with Crippen molar-refractivity contribution in [3.8, 4) is 11.1 Å². The number of rotatable bonds is 3. The van der Waals surface area contributed by atoms with E-state index in [1.165, 1.54) is 11.5 Å². The Morgan fingerprint density at radius 3 is 2.21 bits per heavy atom. The molecule has 3 heteroatoms. The fourth-order valence-electron chi connectivity index (χ4n) is 2.02. The summed E-state index contributed by atoms with van der Waals surface area (Å²) in [6, 6.07) is 19.8. The summed E-state index contributed by atoms with van der Waals surface area (Å²) in [5.41, 5.74) is 2.99. The van der Waals surface area contributed by atoms with Gasteiger partial charge in [0.05, 0.1) is 12.1 Å². The van der Waals surface area contributed by atoms with Gasteiger partial charge in [-0.25, -0.2) is 0 Å². The minimum Gasteiger partial charge on any atom is -0.268 e. The van der Waals surface area contributed by atoms with Crippen molar-refractivity contribution in [2.75, 3.05) is 0 Å². The zero-order valence-electron chi connectivity index (χ0n) is 10.3. The molecule has 0 radical (unpaired) electrons. The standard InChI is InChI=1S/C16H13NOS/c18-16-15(14-9-5-2-6-10-14)12-19-17(16)11-13-7-3-1-4-8-13/h1-10,12H,11H2. The lowest BCUT2D eigenvalue weighted by molar-refractivity contribution is 0.851. The monoisotopic (exact) mass is 267 g/mol. The molecule has 0 aliphatic heterocycles. The summed E-state index contributed by atoms with van der Waals surface area (Å²) in [5, 5.41) is 1.93. The predicted octanol–water partition coefficient (Wildman–Crippen LogP) is 3.63. The van der Waals surface area contributed by atoms with Gasteiger partial charge in [0.25, 0.3) is 5.56 Å². The molecule has 0 aliphatic rings. The number of benzene rings is 2. The quantitative estimate of drug-likeness (QED) is 0.710. The minimum atomic E-state index is 0.0834. The average Bonchev–Trinajstić information content (AvgIpc) is 2.82. The third-order valence-electron chi connectivity index (χ3n) is 3.01. The van der Waals surface area contributed by atoms with Crippen molar-refractivity contribution >= 4 is 11.5 Å². The topological polar surface area (TPSA) is 22.0 Å². The number of nitrogens with zero attached hydrogens (tertiary/aromatic N) is 1. The highest BCUT2D eigenvalue weighted by Gasteiger charge is 2.08. The molecular weight excluding hydrogens is 254 g/mol. The smallest absolute Gasteiger partial charge is 0.268 e. The molecule has 19 heavy (non-hydrogen) atoms. The second-order valence-electron chi connectivity index (χ2n) is 4.33. The van der Waals surface area contributed by atoms with Crippen molar-refractivity contribution in [2.45, 2.75) is 6.54 Å². The molecule has 0 bridgehead atoms. The normalized spacial score (nSPS) is 10.5. The molecule has 3 aromatic rings. The summed E-state index contributed by atoms with van der Waals surface area (Å²) < 4.78 is 1.79. The molecule has 0 amide bonds. The Kier molecular flexibility index (Phi) is 3.29. The van der Waals surface area contributed by atoms with Gasteiger partial charge in [-0.2, -0.15) is 0 Å². The van der Waals surface area contributed by atoms with Crippen molar-refractivity contribution in [1.29, 1.82) is 0 Å². The van der Waals surface area contributed by atoms with Gasteiger partial charge in [-0.05, 0) is 11.1 Å². The van der Waals surface area contributed by atoms with Gasteiger partial charge in [-0.1, -0.05) is 72.2 Å². The van der Waals surface area contributed by atoms with Crippen LogP contribution in [0.1, 0.15) is 5.56 Å². The van der Waals surface area contributed by atoms with Crippen LogP contribution in [0.25, 0.3) is 11.1 Å². The van der Waals surface area contributed by atoms with Crippen LogP contribution in [-0.2, 0) is 6.54 Å². The molecule has 94 valence electrons. The van der Waals surface area contributed by atoms with Gasteiger partial charge < -0.3 is 0 Å². The highest BCUT2D eigenvalue weighted by Crippen LogP contribution is 2.17. The van der Waals surface area contributed by atoms with Crippen LogP contribution in [-0.4, -0.2) is 3.96 Å². The largest absolute Gasteiger partial charge is 0.268 e. The first-order valence-corrected chi connectivity index (χ1v) is 6.96. The Bertz CT molecular complexity index is 713. The van der Waals surface area contributed by atoms with Gasteiger partial charge >= 0.3 is 0 Å². The third kappa shape index (κ3) is 2.51. The Morgan fingerprint density at radius 2 is 1.53 bits per heavy atom. The molecule has 1 aromatic heterocycles. The Hall–Kier alpha value is -2.13. The van der Waals surface area contributed by atoms with Gasteiger partial charge in [0, 0.05) is 5.38 Å². The zero-order chi connectivity index (χ0) is 13.1. The van der Waals surface area contributed by atoms with Gasteiger partial charge in [0.15, 0.2) is 0 Å². The van der Waals surface area contributed by atoms with Crippen molar-refractivity contribution in [3.63, 3.8) is 0 Å². The summed E-state index contributed by atoms with van der Waals surface area (Å²) in [4.78, 5) is 12.3. The van der Waals surface area contributed by atoms with E-state index in [0.29, 0.717) is 6.54 Å². The van der Waals surface area contributed by atoms with E-state index in [9.17, 15) is 4.79 Å². The first-order chi connectivity index (χ1) is 9.34. The molecule has 0 spiro atoms. The van der Waals surface area contributed by atoms with Gasteiger partial charge in [-0.15, -0.1) is 0 Å². The molecule has 3 rings (SSSR count). The van der Waals surface area contributed by atoms with Crippen LogP contribution < -0.4 is 5.56 Å². The van der Waals surface area contributed by atoms with E-state index >= 15 is 0 Å². The molecule has 0 unspecified atom stereocenters. The predicted molar refractivity (Wildman–Crippen MR) is 79.6 cm³/mol. The summed E-state index contributed by atoms with van der Waals surface area (Å²) in [7, 11) is 0. The van der Waals surface area contributed by atoms with Crippen molar-refractivity contribution < 1.29 is 0 Å². The Balaban J connectivity index is 1.94. The van der Waals surface area contributed by atoms with E-state index < -0.39 is 0 Å². The first-order valence-electron chi connectivity index (χ1n) is 6.13. The van der Waals surface area contributed by atoms with E-state index in [1.807, 2.05) is 66.0 Å². The molecule has 0 aliphatic carbocycles. The maximum absolute atomic E-state index is 12.3. The lowest BCUT2D eigenvalue weighted by atomic mass is 10.1. The molecule has 0 saturated heterocycles. The van der Waals surface area contributed by atoms with E-state index in [-0.39, 0.29) is 5.56 Å². The third-order valence-corrected chi connectivity index (χ3v) is 3.90. The van der Waals surface area contributed by atoms with Crippen LogP contribution >= 0.6 is 11.5 Å². The Labute approximate surface area is 115 Å². The van der Waals surface area contributed by atoms with Crippen LogP contribution in [0, 0.1) is 0 Å². The molecule has 0 saturated carbocycles. The van der Waals surface area contributed by atoms with E-state index in [0.717, 1.165) is 16.7 Å². The van der Waals surface area contributed by atoms with E-state index in [2.05, 4.69) is 0 Å². The van der Waals surface area contributed by atoms with Crippen molar-refractivity contribution in [2.24, 2.45) is 0 Å². The number of hydrogen-bond acceptors (Lipinski definition) is 2. The fourth-order valence-corrected chi connectivity index (χ4v) is 2.90. The van der Waals surface area contributed by atoms with E-state index in [4.69, 9.17) is 0 Å². The highest BCUT2D eigenvalue weighted by atomic mass is 32.1. The second-order valence-corrected chi connectivity index (χ2v) is 5.22. The summed E-state index contributed by atoms with van der Waals surface area (Å²) in [6.07, 6.45) is 0. The van der Waals surface area contributed by atoms with Gasteiger partial charge in [-0.3, -0.25) is 8.75 Å². The number of hydrogen-bond donors (Lipinski definition) is 0. The maximum atomic E-state index is 12.3. The van der Waals surface area contributed by atoms with Crippen molar-refractivity contribution in [3.05, 3.63) is 82.0 Å². The van der Waals surface area contributed by atoms with Crippen LogP contribution in [0.5, 0.6) is 0 Å². The molecule has 2 nitrogen and oxygen atoms in total. The average molecular weight is 267 g/mol. The second kappa shape index (κ2) is 5.24. The lowest BCUT2D eigenvalue weighted by Gasteiger charge is -2.00. The van der Waals surface area contributed by atoms with Crippen LogP contribution in [0.4, 0.5) is 0 Å². The molecule has 0 fully saturated rings. The minimum absolute atomic E-state index is 0.0834. The van der Waals surface area contributed by atoms with E-state index in [1.54, 1.807) is 3.96 Å². The molecule has 0 atom stereocenters. The molecule has 1 heterocycles. The first kappa shape index (κ1) is 11.9. The van der Waals surface area contributed by atoms with Crippen molar-refractivity contribution in [1.82, 2.24) is 3.96 Å². The van der Waals surface area contributed by atoms with Crippen LogP contribution in [0.3, 0.4) is 0 Å². The lowest BCUT2D eigenvalue weighted by Crippen LogP contribution is -2.15. The molecular formula is C16H13NOS. The number of aromatic nitrogens is 1.